The highest BCUT2D eigenvalue weighted by Gasteiger charge is 2.05. The topological polar surface area (TPSA) is 12.0 Å². The molecule has 0 fully saturated rings. The Bertz CT molecular complexity index is 288. The molecule has 0 aliphatic carbocycles. The lowest BCUT2D eigenvalue weighted by Gasteiger charge is -2.05. The van der Waals surface area contributed by atoms with Crippen molar-refractivity contribution in [1.82, 2.24) is 0 Å². The van der Waals surface area contributed by atoms with Crippen molar-refractivity contribution in [2.24, 2.45) is 0 Å². The molecule has 1 N–H and O–H groups in total. The van der Waals surface area contributed by atoms with E-state index in [1.54, 1.807) is 6.08 Å². The Morgan fingerprint density at radius 2 is 1.92 bits per heavy atom. The van der Waals surface area contributed by atoms with Gasteiger partial charge in [0.05, 0.1) is 0 Å². The molecular weight excluding hydrogens is 172 g/mol. The van der Waals surface area contributed by atoms with Crippen molar-refractivity contribution in [3.8, 4) is 0 Å². The molecule has 0 unspecified atom stereocenters. The van der Waals surface area contributed by atoms with Gasteiger partial charge < -0.3 is 5.32 Å². The zero-order valence-corrected chi connectivity index (χ0v) is 7.35. The van der Waals surface area contributed by atoms with E-state index in [4.69, 9.17) is 0 Å². The van der Waals surface area contributed by atoms with Crippen molar-refractivity contribution in [3.63, 3.8) is 0 Å². The van der Waals surface area contributed by atoms with Crippen LogP contribution in [0.4, 0.5) is 14.5 Å². The van der Waals surface area contributed by atoms with Crippen molar-refractivity contribution in [3.05, 3.63) is 42.0 Å². The first-order valence-corrected chi connectivity index (χ1v) is 4.04. The standard InChI is InChI=1S/C10H11F2N/c1-2-3-7-13-10-8(11)5-4-6-9(10)12/h2-6,13H,7H2,1H3/b3-2+. The number of benzene rings is 1. The molecule has 0 spiro atoms. The summed E-state index contributed by atoms with van der Waals surface area (Å²) in [5.41, 5.74) is -0.0689. The third-order valence-electron chi connectivity index (χ3n) is 1.60. The van der Waals surface area contributed by atoms with Crippen LogP contribution in [0.5, 0.6) is 0 Å². The second kappa shape index (κ2) is 4.60. The minimum absolute atomic E-state index is 0.0689. The molecule has 0 bridgehead atoms. The summed E-state index contributed by atoms with van der Waals surface area (Å²) in [6, 6.07) is 3.79. The van der Waals surface area contributed by atoms with E-state index >= 15 is 0 Å². The van der Waals surface area contributed by atoms with Crippen molar-refractivity contribution in [1.29, 1.82) is 0 Å². The first-order chi connectivity index (χ1) is 6.25. The molecule has 1 aromatic carbocycles. The molecule has 0 aliphatic rings. The maximum Gasteiger partial charge on any atom is 0.149 e. The molecule has 0 amide bonds. The molecule has 0 radical (unpaired) electrons. The van der Waals surface area contributed by atoms with Gasteiger partial charge in [-0.05, 0) is 19.1 Å². The quantitative estimate of drug-likeness (QED) is 0.710. The largest absolute Gasteiger partial charge is 0.377 e. The number of halogens is 2. The van der Waals surface area contributed by atoms with Gasteiger partial charge in [-0.1, -0.05) is 18.2 Å². The number of hydrogen-bond donors (Lipinski definition) is 1. The van der Waals surface area contributed by atoms with Crippen LogP contribution in [0.3, 0.4) is 0 Å². The summed E-state index contributed by atoms with van der Waals surface area (Å²) in [6.07, 6.45) is 3.59. The summed E-state index contributed by atoms with van der Waals surface area (Å²) in [4.78, 5) is 0. The lowest BCUT2D eigenvalue weighted by Crippen LogP contribution is -2.02. The summed E-state index contributed by atoms with van der Waals surface area (Å²) in [7, 11) is 0. The number of nitrogens with one attached hydrogen (secondary N) is 1. The van der Waals surface area contributed by atoms with E-state index in [0.29, 0.717) is 6.54 Å². The van der Waals surface area contributed by atoms with Crippen LogP contribution in [0, 0.1) is 11.6 Å². The van der Waals surface area contributed by atoms with Gasteiger partial charge in [0.25, 0.3) is 0 Å². The molecule has 3 heteroatoms. The molecule has 1 rings (SSSR count). The van der Waals surface area contributed by atoms with Crippen LogP contribution < -0.4 is 5.32 Å². The predicted molar refractivity (Wildman–Crippen MR) is 49.7 cm³/mol. The monoisotopic (exact) mass is 183 g/mol. The normalized spacial score (nSPS) is 10.7. The van der Waals surface area contributed by atoms with E-state index in [1.165, 1.54) is 18.2 Å². The molecule has 0 atom stereocenters. The van der Waals surface area contributed by atoms with Crippen molar-refractivity contribution >= 4 is 5.69 Å². The minimum atomic E-state index is -0.565. The van der Waals surface area contributed by atoms with Crippen LogP contribution in [-0.2, 0) is 0 Å². The molecule has 70 valence electrons. The molecule has 0 saturated heterocycles. The Hall–Kier alpha value is -1.38. The highest BCUT2D eigenvalue weighted by Crippen LogP contribution is 2.17. The van der Waals surface area contributed by atoms with Gasteiger partial charge >= 0.3 is 0 Å². The van der Waals surface area contributed by atoms with Crippen molar-refractivity contribution in [2.75, 3.05) is 11.9 Å². The molecule has 0 aromatic heterocycles. The zero-order chi connectivity index (χ0) is 9.68. The third-order valence-corrected chi connectivity index (χ3v) is 1.60. The number of para-hydroxylation sites is 1. The van der Waals surface area contributed by atoms with Gasteiger partial charge in [-0.3, -0.25) is 0 Å². The molecule has 0 aliphatic heterocycles. The van der Waals surface area contributed by atoms with Gasteiger partial charge in [-0.25, -0.2) is 8.78 Å². The molecule has 1 aromatic rings. The van der Waals surface area contributed by atoms with E-state index < -0.39 is 11.6 Å². The highest BCUT2D eigenvalue weighted by molar-refractivity contribution is 5.46. The minimum Gasteiger partial charge on any atom is -0.377 e. The van der Waals surface area contributed by atoms with Crippen LogP contribution in [0.1, 0.15) is 6.92 Å². The van der Waals surface area contributed by atoms with Crippen LogP contribution in [-0.4, -0.2) is 6.54 Å². The molecule has 13 heavy (non-hydrogen) atoms. The van der Waals surface area contributed by atoms with Gasteiger partial charge in [0.1, 0.15) is 17.3 Å². The van der Waals surface area contributed by atoms with Gasteiger partial charge in [0, 0.05) is 6.54 Å². The van der Waals surface area contributed by atoms with E-state index in [2.05, 4.69) is 5.32 Å². The summed E-state index contributed by atoms with van der Waals surface area (Å²) in [5, 5.41) is 2.65. The second-order valence-corrected chi connectivity index (χ2v) is 2.55. The second-order valence-electron chi connectivity index (χ2n) is 2.55. The lowest BCUT2D eigenvalue weighted by atomic mass is 10.3. The fourth-order valence-electron chi connectivity index (χ4n) is 0.946. The fourth-order valence-corrected chi connectivity index (χ4v) is 0.946. The van der Waals surface area contributed by atoms with Crippen LogP contribution in [0.15, 0.2) is 30.4 Å². The van der Waals surface area contributed by atoms with Gasteiger partial charge in [0.2, 0.25) is 0 Å². The van der Waals surface area contributed by atoms with E-state index in [9.17, 15) is 8.78 Å². The Labute approximate surface area is 76.1 Å². The van der Waals surface area contributed by atoms with Gasteiger partial charge in [-0.15, -0.1) is 0 Å². The van der Waals surface area contributed by atoms with E-state index in [1.807, 2.05) is 13.0 Å². The van der Waals surface area contributed by atoms with Gasteiger partial charge in [0.15, 0.2) is 0 Å². The zero-order valence-electron chi connectivity index (χ0n) is 7.35. The Morgan fingerprint density at radius 1 is 1.31 bits per heavy atom. The van der Waals surface area contributed by atoms with Crippen molar-refractivity contribution < 1.29 is 8.78 Å². The predicted octanol–water partition coefficient (Wildman–Crippen LogP) is 2.95. The third kappa shape index (κ3) is 2.54. The summed E-state index contributed by atoms with van der Waals surface area (Å²) in [5.74, 6) is -1.13. The van der Waals surface area contributed by atoms with Crippen molar-refractivity contribution in [2.45, 2.75) is 6.92 Å². The first kappa shape index (κ1) is 9.71. The smallest absolute Gasteiger partial charge is 0.149 e. The summed E-state index contributed by atoms with van der Waals surface area (Å²) >= 11 is 0. The lowest BCUT2D eigenvalue weighted by molar-refractivity contribution is 0.589. The average Bonchev–Trinajstić information content (AvgIpc) is 2.10. The number of rotatable bonds is 3. The van der Waals surface area contributed by atoms with Crippen LogP contribution >= 0.6 is 0 Å². The Balaban J connectivity index is 2.75. The highest BCUT2D eigenvalue weighted by atomic mass is 19.1. The number of allylic oxidation sites excluding steroid dienone is 1. The average molecular weight is 183 g/mol. The molecular formula is C10H11F2N. The number of anilines is 1. The Kier molecular flexibility index (Phi) is 3.43. The number of hydrogen-bond acceptors (Lipinski definition) is 1. The Morgan fingerprint density at radius 3 is 2.46 bits per heavy atom. The molecule has 0 saturated carbocycles. The molecule has 0 heterocycles. The van der Waals surface area contributed by atoms with Gasteiger partial charge in [-0.2, -0.15) is 0 Å². The SMILES string of the molecule is C/C=C/CNc1c(F)cccc1F. The van der Waals surface area contributed by atoms with E-state index in [-0.39, 0.29) is 5.69 Å². The summed E-state index contributed by atoms with van der Waals surface area (Å²) in [6.45, 7) is 2.27. The summed E-state index contributed by atoms with van der Waals surface area (Å²) < 4.78 is 25.9. The van der Waals surface area contributed by atoms with Crippen LogP contribution in [0.2, 0.25) is 0 Å². The maximum atomic E-state index is 13.0. The van der Waals surface area contributed by atoms with E-state index in [0.717, 1.165) is 0 Å². The maximum absolute atomic E-state index is 13.0. The molecule has 1 nitrogen and oxygen atoms in total. The fraction of sp³-hybridized carbons (Fsp3) is 0.200. The van der Waals surface area contributed by atoms with Crippen LogP contribution in [0.25, 0.3) is 0 Å². The first-order valence-electron chi connectivity index (χ1n) is 4.04.